The van der Waals surface area contributed by atoms with E-state index >= 15 is 0 Å². The number of carbonyl (C=O) groups is 4. The maximum absolute atomic E-state index is 13.3. The van der Waals surface area contributed by atoms with Gasteiger partial charge in [-0.15, -0.1) is 11.3 Å². The van der Waals surface area contributed by atoms with E-state index in [1.54, 1.807) is 13.0 Å². The summed E-state index contributed by atoms with van der Waals surface area (Å²) >= 11 is 1.07. The number of nitrogens with zero attached hydrogens (tertiary/aromatic N) is 2. The highest BCUT2D eigenvalue weighted by atomic mass is 32.1. The summed E-state index contributed by atoms with van der Waals surface area (Å²) in [5, 5.41) is 6.78. The number of aromatic nitrogens is 1. The van der Waals surface area contributed by atoms with Crippen molar-refractivity contribution in [3.63, 3.8) is 0 Å². The first-order valence-electron chi connectivity index (χ1n) is 9.16. The molecule has 1 fully saturated rings. The number of amides is 4. The fraction of sp³-hybridized carbons (Fsp3) is 0.316. The Labute approximate surface area is 175 Å². The highest BCUT2D eigenvalue weighted by Gasteiger charge is 2.37. The van der Waals surface area contributed by atoms with E-state index in [-0.39, 0.29) is 36.8 Å². The zero-order valence-electron chi connectivity index (χ0n) is 16.0. The van der Waals surface area contributed by atoms with Crippen LogP contribution in [0.15, 0.2) is 29.6 Å². The Morgan fingerprint density at radius 3 is 2.90 bits per heavy atom. The molecule has 2 aromatic rings. The molecule has 1 atom stereocenters. The van der Waals surface area contributed by atoms with Gasteiger partial charge in [0.25, 0.3) is 5.91 Å². The minimum Gasteiger partial charge on any atom is -0.461 e. The van der Waals surface area contributed by atoms with Crippen molar-refractivity contribution in [1.29, 1.82) is 0 Å². The minimum absolute atomic E-state index is 0.0428. The number of urea groups is 1. The maximum atomic E-state index is 13.3. The standard InChI is InChI=1S/C19H19FN4O5S/c1-2-29-17(27)14-10-30-18(21-14)23-15(25)7-6-13-16(26)24(19(28)22-13)9-11-4-3-5-12(20)8-11/h3-5,8,10,13H,2,6-7,9H2,1H3,(H,22,28)(H,21,23,25)/t13-/m1/s1. The van der Waals surface area contributed by atoms with Gasteiger partial charge in [0.2, 0.25) is 5.91 Å². The highest BCUT2D eigenvalue weighted by molar-refractivity contribution is 7.14. The van der Waals surface area contributed by atoms with E-state index in [0.29, 0.717) is 5.56 Å². The third-order valence-electron chi connectivity index (χ3n) is 4.23. The Morgan fingerprint density at radius 1 is 1.37 bits per heavy atom. The summed E-state index contributed by atoms with van der Waals surface area (Å²) in [7, 11) is 0. The quantitative estimate of drug-likeness (QED) is 0.486. The van der Waals surface area contributed by atoms with E-state index < -0.39 is 35.7 Å². The van der Waals surface area contributed by atoms with Crippen molar-refractivity contribution in [2.24, 2.45) is 0 Å². The van der Waals surface area contributed by atoms with Crippen molar-refractivity contribution in [2.75, 3.05) is 11.9 Å². The van der Waals surface area contributed by atoms with E-state index in [0.717, 1.165) is 16.2 Å². The van der Waals surface area contributed by atoms with Crippen molar-refractivity contribution in [3.05, 3.63) is 46.7 Å². The smallest absolute Gasteiger partial charge is 0.357 e. The number of benzene rings is 1. The number of anilines is 1. The van der Waals surface area contributed by atoms with Gasteiger partial charge in [-0.2, -0.15) is 0 Å². The van der Waals surface area contributed by atoms with Crippen LogP contribution in [0.2, 0.25) is 0 Å². The number of esters is 1. The lowest BCUT2D eigenvalue weighted by atomic mass is 10.1. The molecule has 0 unspecified atom stereocenters. The Kier molecular flexibility index (Phi) is 6.72. The number of hydrogen-bond donors (Lipinski definition) is 2. The predicted molar refractivity (Wildman–Crippen MR) is 105 cm³/mol. The molecule has 1 aromatic heterocycles. The molecule has 0 saturated carbocycles. The molecule has 3 rings (SSSR count). The number of rotatable bonds is 8. The molecule has 1 saturated heterocycles. The maximum Gasteiger partial charge on any atom is 0.357 e. The van der Waals surface area contributed by atoms with Crippen LogP contribution in [0, 0.1) is 5.82 Å². The largest absolute Gasteiger partial charge is 0.461 e. The molecule has 0 spiro atoms. The van der Waals surface area contributed by atoms with Crippen LogP contribution in [-0.2, 0) is 20.9 Å². The zero-order valence-corrected chi connectivity index (χ0v) is 16.8. The van der Waals surface area contributed by atoms with Crippen LogP contribution in [0.25, 0.3) is 0 Å². The molecule has 0 radical (unpaired) electrons. The number of ether oxygens (including phenoxy) is 1. The lowest BCUT2D eigenvalue weighted by Gasteiger charge is -2.13. The third kappa shape index (κ3) is 5.17. The first-order chi connectivity index (χ1) is 14.4. The third-order valence-corrected chi connectivity index (χ3v) is 4.99. The lowest BCUT2D eigenvalue weighted by Crippen LogP contribution is -2.31. The van der Waals surface area contributed by atoms with Crippen LogP contribution in [-0.4, -0.2) is 46.3 Å². The number of thiazole rings is 1. The average Bonchev–Trinajstić information content (AvgIpc) is 3.27. The first kappa shape index (κ1) is 21.4. The molecule has 0 aliphatic carbocycles. The van der Waals surface area contributed by atoms with Gasteiger partial charge in [0.05, 0.1) is 13.2 Å². The van der Waals surface area contributed by atoms with E-state index in [2.05, 4.69) is 15.6 Å². The van der Waals surface area contributed by atoms with Gasteiger partial charge in [-0.05, 0) is 31.0 Å². The highest BCUT2D eigenvalue weighted by Crippen LogP contribution is 2.18. The molecule has 1 aliphatic rings. The van der Waals surface area contributed by atoms with Crippen molar-refractivity contribution < 1.29 is 28.3 Å². The van der Waals surface area contributed by atoms with E-state index in [9.17, 15) is 23.6 Å². The molecule has 2 N–H and O–H groups in total. The topological polar surface area (TPSA) is 118 Å². The van der Waals surface area contributed by atoms with Crippen LogP contribution in [0.5, 0.6) is 0 Å². The van der Waals surface area contributed by atoms with Crippen LogP contribution < -0.4 is 10.6 Å². The first-order valence-corrected chi connectivity index (χ1v) is 10.0. The van der Waals surface area contributed by atoms with Gasteiger partial charge < -0.3 is 15.4 Å². The number of halogens is 1. The second-order valence-corrected chi connectivity index (χ2v) is 7.26. The van der Waals surface area contributed by atoms with Crippen LogP contribution in [0.1, 0.15) is 35.8 Å². The number of carbonyl (C=O) groups excluding carboxylic acids is 4. The van der Waals surface area contributed by atoms with Crippen molar-refractivity contribution in [3.8, 4) is 0 Å². The molecule has 4 amide bonds. The minimum atomic E-state index is -0.844. The summed E-state index contributed by atoms with van der Waals surface area (Å²) in [6, 6.07) is 4.20. The molecule has 0 bridgehead atoms. The average molecular weight is 434 g/mol. The van der Waals surface area contributed by atoms with Gasteiger partial charge in [-0.1, -0.05) is 12.1 Å². The monoisotopic (exact) mass is 434 g/mol. The van der Waals surface area contributed by atoms with Gasteiger partial charge in [-0.25, -0.2) is 19.0 Å². The lowest BCUT2D eigenvalue weighted by molar-refractivity contribution is -0.128. The number of hydrogen-bond acceptors (Lipinski definition) is 7. The Morgan fingerprint density at radius 2 is 2.17 bits per heavy atom. The molecular weight excluding hydrogens is 415 g/mol. The number of nitrogens with one attached hydrogen (secondary N) is 2. The van der Waals surface area contributed by atoms with Gasteiger partial charge in [0, 0.05) is 11.8 Å². The zero-order chi connectivity index (χ0) is 21.7. The van der Waals surface area contributed by atoms with Gasteiger partial charge in [-0.3, -0.25) is 14.5 Å². The summed E-state index contributed by atoms with van der Waals surface area (Å²) < 4.78 is 18.1. The fourth-order valence-electron chi connectivity index (χ4n) is 2.83. The van der Waals surface area contributed by atoms with E-state index in [1.165, 1.54) is 23.6 Å². The van der Waals surface area contributed by atoms with Crippen molar-refractivity contribution >= 4 is 40.3 Å². The molecule has 11 heteroatoms. The van der Waals surface area contributed by atoms with E-state index in [1.807, 2.05) is 0 Å². The Hall–Kier alpha value is -3.34. The molecule has 9 nitrogen and oxygen atoms in total. The molecule has 2 heterocycles. The Bertz CT molecular complexity index is 979. The predicted octanol–water partition coefficient (Wildman–Crippen LogP) is 2.30. The summed E-state index contributed by atoms with van der Waals surface area (Å²) in [5.41, 5.74) is 0.585. The van der Waals surface area contributed by atoms with Crippen molar-refractivity contribution in [1.82, 2.24) is 15.2 Å². The second kappa shape index (κ2) is 9.44. The summed E-state index contributed by atoms with van der Waals surface area (Å²) in [6.45, 7) is 1.84. The van der Waals surface area contributed by atoms with Gasteiger partial charge in [0.1, 0.15) is 11.9 Å². The van der Waals surface area contributed by atoms with Gasteiger partial charge in [0.15, 0.2) is 10.8 Å². The fourth-order valence-corrected chi connectivity index (χ4v) is 3.52. The van der Waals surface area contributed by atoms with Crippen molar-refractivity contribution in [2.45, 2.75) is 32.4 Å². The van der Waals surface area contributed by atoms with Gasteiger partial charge >= 0.3 is 12.0 Å². The van der Waals surface area contributed by atoms with Crippen LogP contribution in [0.4, 0.5) is 14.3 Å². The molecule has 1 aromatic carbocycles. The SMILES string of the molecule is CCOC(=O)c1csc(NC(=O)CC[C@H]2NC(=O)N(Cc3cccc(F)c3)C2=O)n1. The summed E-state index contributed by atoms with van der Waals surface area (Å²) in [6.07, 6.45) is 0.0466. The summed E-state index contributed by atoms with van der Waals surface area (Å²) in [4.78, 5) is 53.3. The normalized spacial score (nSPS) is 15.8. The van der Waals surface area contributed by atoms with E-state index in [4.69, 9.17) is 4.74 Å². The number of imide groups is 1. The molecule has 1 aliphatic heterocycles. The molecule has 158 valence electrons. The Balaban J connectivity index is 1.51. The molecule has 30 heavy (non-hydrogen) atoms. The molecular formula is C19H19FN4O5S. The van der Waals surface area contributed by atoms with Crippen LogP contribution in [0.3, 0.4) is 0 Å². The van der Waals surface area contributed by atoms with Crippen LogP contribution >= 0.6 is 11.3 Å². The second-order valence-electron chi connectivity index (χ2n) is 6.40. The summed E-state index contributed by atoms with van der Waals surface area (Å²) in [5.74, 6) is -1.92.